The molecule has 0 aliphatic carbocycles. The minimum Gasteiger partial charge on any atom is -0.393 e. The van der Waals surface area contributed by atoms with E-state index in [-0.39, 0.29) is 11.9 Å². The normalized spacial score (nSPS) is 11.0. The number of unbranched alkanes of at least 4 members (excludes halogenated alkanes) is 11. The van der Waals surface area contributed by atoms with E-state index in [1.165, 1.54) is 70.6 Å². The van der Waals surface area contributed by atoms with E-state index in [0.29, 0.717) is 12.8 Å². The summed E-state index contributed by atoms with van der Waals surface area (Å²) in [6.07, 6.45) is 18.2. The van der Waals surface area contributed by atoms with Gasteiger partial charge in [-0.2, -0.15) is 0 Å². The summed E-state index contributed by atoms with van der Waals surface area (Å²) >= 11 is 0. The molecule has 0 saturated carbocycles. The van der Waals surface area contributed by atoms with E-state index in [1.807, 2.05) is 6.92 Å². The summed E-state index contributed by atoms with van der Waals surface area (Å²) in [7, 11) is 0. The van der Waals surface area contributed by atoms with Crippen LogP contribution in [0.5, 0.6) is 0 Å². The Bertz CT molecular complexity index is 323. The van der Waals surface area contributed by atoms with Gasteiger partial charge in [0.15, 0.2) is 0 Å². The van der Waals surface area contributed by atoms with Gasteiger partial charge in [-0.15, -0.1) is 0 Å². The lowest BCUT2D eigenvalue weighted by atomic mass is 10.0. The number of carbonyl (C=O) groups excluding carboxylic acids is 2. The fraction of sp³-hybridized carbons (Fsp3) is 0.909. The molecule has 0 heterocycles. The van der Waals surface area contributed by atoms with E-state index in [1.54, 1.807) is 0 Å². The van der Waals surface area contributed by atoms with Gasteiger partial charge in [0.05, 0.1) is 0 Å². The highest BCUT2D eigenvalue weighted by Crippen LogP contribution is 2.14. The van der Waals surface area contributed by atoms with Crippen LogP contribution in [0.25, 0.3) is 0 Å². The summed E-state index contributed by atoms with van der Waals surface area (Å²) in [5, 5.41) is 0. The fourth-order valence-corrected chi connectivity index (χ4v) is 3.02. The van der Waals surface area contributed by atoms with E-state index < -0.39 is 0 Å². The largest absolute Gasteiger partial charge is 0.393 e. The molecule has 0 fully saturated rings. The molecule has 148 valence electrons. The average molecular weight is 355 g/mol. The van der Waals surface area contributed by atoms with Crippen LogP contribution >= 0.6 is 0 Å². The van der Waals surface area contributed by atoms with E-state index in [2.05, 4.69) is 13.8 Å². The molecular formula is C22H42O3. The number of rotatable bonds is 17. The molecule has 0 bridgehead atoms. The van der Waals surface area contributed by atoms with Crippen molar-refractivity contribution >= 4 is 11.9 Å². The Kier molecular flexibility index (Phi) is 17.3. The molecule has 3 nitrogen and oxygen atoms in total. The molecule has 0 spiro atoms. The van der Waals surface area contributed by atoms with E-state index in [4.69, 9.17) is 4.74 Å². The van der Waals surface area contributed by atoms with Gasteiger partial charge in [-0.1, -0.05) is 97.8 Å². The first-order valence-electron chi connectivity index (χ1n) is 10.8. The summed E-state index contributed by atoms with van der Waals surface area (Å²) in [6, 6.07) is 0. The van der Waals surface area contributed by atoms with Gasteiger partial charge in [-0.05, 0) is 18.8 Å². The van der Waals surface area contributed by atoms with Crippen molar-refractivity contribution in [2.45, 2.75) is 124 Å². The third-order valence-corrected chi connectivity index (χ3v) is 4.59. The zero-order valence-electron chi connectivity index (χ0n) is 17.1. The predicted molar refractivity (Wildman–Crippen MR) is 105 cm³/mol. The zero-order chi connectivity index (χ0) is 18.8. The third kappa shape index (κ3) is 19.3. The van der Waals surface area contributed by atoms with Crippen molar-refractivity contribution in [3.63, 3.8) is 0 Å². The molecule has 25 heavy (non-hydrogen) atoms. The highest BCUT2D eigenvalue weighted by Gasteiger charge is 2.08. The molecule has 0 aromatic heterocycles. The zero-order valence-corrected chi connectivity index (χ0v) is 17.1. The molecular weight excluding hydrogens is 312 g/mol. The summed E-state index contributed by atoms with van der Waals surface area (Å²) in [6.45, 7) is 6.51. The van der Waals surface area contributed by atoms with Gasteiger partial charge in [0.1, 0.15) is 0 Å². The number of esters is 2. The van der Waals surface area contributed by atoms with Crippen molar-refractivity contribution in [2.75, 3.05) is 0 Å². The van der Waals surface area contributed by atoms with E-state index in [9.17, 15) is 9.59 Å². The van der Waals surface area contributed by atoms with Gasteiger partial charge >= 0.3 is 11.9 Å². The second kappa shape index (κ2) is 17.9. The summed E-state index contributed by atoms with van der Waals surface area (Å²) in [5.74, 6) is 0.119. The quantitative estimate of drug-likeness (QED) is 0.161. The second-order valence-electron chi connectivity index (χ2n) is 7.77. The van der Waals surface area contributed by atoms with E-state index >= 15 is 0 Å². The van der Waals surface area contributed by atoms with Gasteiger partial charge in [-0.25, -0.2) is 0 Å². The average Bonchev–Trinajstić information content (AvgIpc) is 2.55. The Morgan fingerprint density at radius 3 is 1.48 bits per heavy atom. The molecule has 0 aromatic rings. The lowest BCUT2D eigenvalue weighted by Crippen LogP contribution is -2.11. The summed E-state index contributed by atoms with van der Waals surface area (Å²) in [5.41, 5.74) is 0. The number of ether oxygens (including phenoxy) is 1. The van der Waals surface area contributed by atoms with Crippen molar-refractivity contribution in [3.05, 3.63) is 0 Å². The molecule has 0 unspecified atom stereocenters. The van der Waals surface area contributed by atoms with Crippen LogP contribution in [-0.2, 0) is 14.3 Å². The van der Waals surface area contributed by atoms with Crippen LogP contribution in [0.3, 0.4) is 0 Å². The highest BCUT2D eigenvalue weighted by molar-refractivity contribution is 5.85. The molecule has 0 radical (unpaired) electrons. The first-order chi connectivity index (χ1) is 12.1. The molecule has 0 atom stereocenters. The minimum atomic E-state index is -0.382. The Morgan fingerprint density at radius 2 is 1.04 bits per heavy atom. The van der Waals surface area contributed by atoms with Crippen molar-refractivity contribution in [2.24, 2.45) is 5.92 Å². The molecule has 0 N–H and O–H groups in total. The minimum absolute atomic E-state index is 0.337. The second-order valence-corrected chi connectivity index (χ2v) is 7.77. The van der Waals surface area contributed by atoms with Crippen LogP contribution in [-0.4, -0.2) is 11.9 Å². The van der Waals surface area contributed by atoms with Crippen molar-refractivity contribution < 1.29 is 14.3 Å². The molecule has 0 amide bonds. The van der Waals surface area contributed by atoms with E-state index in [0.717, 1.165) is 25.2 Å². The molecule has 0 aliphatic heterocycles. The van der Waals surface area contributed by atoms with Crippen molar-refractivity contribution in [1.82, 2.24) is 0 Å². The van der Waals surface area contributed by atoms with Crippen LogP contribution in [0.2, 0.25) is 0 Å². The lowest BCUT2D eigenvalue weighted by Gasteiger charge is -2.05. The predicted octanol–water partition coefficient (Wildman–Crippen LogP) is 6.97. The summed E-state index contributed by atoms with van der Waals surface area (Å²) in [4.78, 5) is 22.6. The molecule has 0 rings (SSSR count). The first kappa shape index (κ1) is 24.1. The summed E-state index contributed by atoms with van der Waals surface area (Å²) < 4.78 is 4.73. The fourth-order valence-electron chi connectivity index (χ4n) is 3.02. The first-order valence-corrected chi connectivity index (χ1v) is 10.8. The molecule has 0 aromatic carbocycles. The van der Waals surface area contributed by atoms with Gasteiger partial charge in [0, 0.05) is 12.8 Å². The number of carbonyl (C=O) groups is 2. The Labute approximate surface area is 156 Å². The standard InChI is InChI=1S/C22H42O3/c1-4-17-21(23)25-22(24)19-16-14-12-10-8-6-5-7-9-11-13-15-18-20(2)3/h20H,4-19H2,1-3H3. The van der Waals surface area contributed by atoms with Gasteiger partial charge in [-0.3, -0.25) is 9.59 Å². The molecule has 0 aliphatic rings. The smallest absolute Gasteiger partial charge is 0.313 e. The number of hydrogen-bond acceptors (Lipinski definition) is 3. The highest BCUT2D eigenvalue weighted by atomic mass is 16.6. The van der Waals surface area contributed by atoms with Gasteiger partial charge < -0.3 is 4.74 Å². The van der Waals surface area contributed by atoms with Crippen LogP contribution < -0.4 is 0 Å². The van der Waals surface area contributed by atoms with Crippen molar-refractivity contribution in [3.8, 4) is 0 Å². The maximum absolute atomic E-state index is 11.4. The maximum Gasteiger partial charge on any atom is 0.313 e. The number of hydrogen-bond donors (Lipinski definition) is 0. The Hall–Kier alpha value is -0.860. The van der Waals surface area contributed by atoms with Gasteiger partial charge in [0.2, 0.25) is 0 Å². The van der Waals surface area contributed by atoms with Crippen LogP contribution in [0.4, 0.5) is 0 Å². The Balaban J connectivity index is 3.19. The lowest BCUT2D eigenvalue weighted by molar-refractivity contribution is -0.159. The molecule has 0 saturated heterocycles. The topological polar surface area (TPSA) is 43.4 Å². The SMILES string of the molecule is CCCC(=O)OC(=O)CCCCCCCCCCCCCCC(C)C. The maximum atomic E-state index is 11.4. The Morgan fingerprint density at radius 1 is 0.640 bits per heavy atom. The van der Waals surface area contributed by atoms with Crippen LogP contribution in [0, 0.1) is 5.92 Å². The molecule has 3 heteroatoms. The third-order valence-electron chi connectivity index (χ3n) is 4.59. The van der Waals surface area contributed by atoms with Crippen LogP contribution in [0.1, 0.15) is 124 Å². The monoisotopic (exact) mass is 354 g/mol. The van der Waals surface area contributed by atoms with Crippen LogP contribution in [0.15, 0.2) is 0 Å². The van der Waals surface area contributed by atoms with Gasteiger partial charge in [0.25, 0.3) is 0 Å². The van der Waals surface area contributed by atoms with Crippen molar-refractivity contribution in [1.29, 1.82) is 0 Å².